The molecule has 1 N–H and O–H groups in total. The van der Waals surface area contributed by atoms with Gasteiger partial charge in [0.15, 0.2) is 11.6 Å². The average Bonchev–Trinajstić information content (AvgIpc) is 3.50. The number of benzene rings is 4. The fourth-order valence-electron chi connectivity index (χ4n) is 10.6. The molecular formula is C47H40N2O7. The molecule has 0 aromatic heterocycles. The lowest BCUT2D eigenvalue weighted by molar-refractivity contribution is -0.136. The first-order chi connectivity index (χ1) is 27.3. The topological polar surface area (TPSA) is 113 Å². The number of morpholine rings is 1. The molecule has 10 rings (SSSR count). The molecule has 280 valence electrons. The fourth-order valence-corrected chi connectivity index (χ4v) is 10.6. The number of aromatic hydroxyl groups is 1. The molecule has 3 aliphatic heterocycles. The Kier molecular flexibility index (Phi) is 8.18. The largest absolute Gasteiger partial charge is 0.508 e. The number of hydrogen-bond acceptors (Lipinski definition) is 8. The van der Waals surface area contributed by atoms with Crippen molar-refractivity contribution in [2.45, 2.75) is 24.7 Å². The van der Waals surface area contributed by atoms with Crippen molar-refractivity contribution in [1.82, 2.24) is 0 Å². The Bertz CT molecular complexity index is 2380. The molecule has 0 spiro atoms. The third kappa shape index (κ3) is 5.17. The van der Waals surface area contributed by atoms with E-state index in [2.05, 4.69) is 11.0 Å². The highest BCUT2D eigenvalue weighted by Gasteiger charge is 2.66. The van der Waals surface area contributed by atoms with Crippen molar-refractivity contribution in [3.05, 3.63) is 149 Å². The highest BCUT2D eigenvalue weighted by atomic mass is 16.5. The molecule has 9 heteroatoms. The van der Waals surface area contributed by atoms with Crippen molar-refractivity contribution in [1.29, 1.82) is 0 Å². The van der Waals surface area contributed by atoms with E-state index in [1.165, 1.54) is 11.0 Å². The summed E-state index contributed by atoms with van der Waals surface area (Å²) in [6.07, 6.45) is 6.20. The van der Waals surface area contributed by atoms with Gasteiger partial charge in [0, 0.05) is 48.2 Å². The molecule has 0 radical (unpaired) electrons. The Balaban J connectivity index is 1.11. The van der Waals surface area contributed by atoms with Crippen molar-refractivity contribution in [2.24, 2.45) is 29.6 Å². The molecular weight excluding hydrogens is 705 g/mol. The number of carbonyl (C=O) groups excluding carboxylic acids is 4. The predicted octanol–water partition coefficient (Wildman–Crippen LogP) is 6.61. The van der Waals surface area contributed by atoms with Crippen LogP contribution in [0.1, 0.15) is 29.5 Å². The normalized spacial score (nSPS) is 28.3. The molecule has 4 aromatic carbocycles. The monoisotopic (exact) mass is 744 g/mol. The summed E-state index contributed by atoms with van der Waals surface area (Å²) in [5, 5.41) is 10.5. The lowest BCUT2D eigenvalue weighted by Gasteiger charge is -2.56. The van der Waals surface area contributed by atoms with Crippen LogP contribution >= 0.6 is 0 Å². The van der Waals surface area contributed by atoms with Gasteiger partial charge in [-0.1, -0.05) is 72.3 Å². The van der Waals surface area contributed by atoms with Crippen LogP contribution in [0.4, 0.5) is 11.4 Å². The second kappa shape index (κ2) is 13.3. The van der Waals surface area contributed by atoms with E-state index in [-0.39, 0.29) is 35.6 Å². The number of carbonyl (C=O) groups is 4. The number of rotatable bonds is 5. The van der Waals surface area contributed by atoms with Gasteiger partial charge in [-0.15, -0.1) is 0 Å². The van der Waals surface area contributed by atoms with Gasteiger partial charge in [-0.25, -0.2) is 0 Å². The second-order valence-electron chi connectivity index (χ2n) is 15.7. The van der Waals surface area contributed by atoms with E-state index in [4.69, 9.17) is 9.47 Å². The van der Waals surface area contributed by atoms with Crippen molar-refractivity contribution in [3.8, 4) is 11.5 Å². The predicted molar refractivity (Wildman–Crippen MR) is 210 cm³/mol. The number of phenolic OH excluding ortho intramolecular Hbond substituents is 1. The van der Waals surface area contributed by atoms with Crippen molar-refractivity contribution in [2.75, 3.05) is 36.1 Å². The molecule has 0 bridgehead atoms. The molecule has 3 fully saturated rings. The first-order valence-electron chi connectivity index (χ1n) is 19.4. The molecule has 4 aromatic rings. The van der Waals surface area contributed by atoms with Crippen LogP contribution in [0, 0.1) is 29.6 Å². The van der Waals surface area contributed by atoms with Crippen LogP contribution in [0.2, 0.25) is 0 Å². The van der Waals surface area contributed by atoms with Crippen LogP contribution in [-0.4, -0.2) is 54.8 Å². The molecule has 3 heterocycles. The number of anilines is 2. The minimum Gasteiger partial charge on any atom is -0.508 e. The maximum atomic E-state index is 15.3. The minimum absolute atomic E-state index is 0.0954. The number of hydrogen-bond donors (Lipinski definition) is 1. The zero-order valence-electron chi connectivity index (χ0n) is 30.7. The molecule has 6 unspecified atom stereocenters. The van der Waals surface area contributed by atoms with E-state index >= 15 is 9.59 Å². The van der Waals surface area contributed by atoms with Crippen LogP contribution in [-0.2, 0) is 35.8 Å². The van der Waals surface area contributed by atoms with Crippen molar-refractivity contribution < 1.29 is 33.8 Å². The van der Waals surface area contributed by atoms with Crippen LogP contribution in [0.25, 0.3) is 5.57 Å². The van der Waals surface area contributed by atoms with E-state index in [0.717, 1.165) is 41.1 Å². The molecule has 6 atom stereocenters. The van der Waals surface area contributed by atoms with Crippen molar-refractivity contribution >= 4 is 40.3 Å². The van der Waals surface area contributed by atoms with Gasteiger partial charge in [-0.05, 0) is 84.0 Å². The molecule has 2 amide bonds. The first kappa shape index (κ1) is 34.4. The number of Topliss-reactive ketones (excluding diaryl/α,β-unsaturated/α-hetero) is 1. The summed E-state index contributed by atoms with van der Waals surface area (Å²) < 4.78 is 11.8. The van der Waals surface area contributed by atoms with Crippen LogP contribution in [0.5, 0.6) is 11.5 Å². The number of allylic oxidation sites excluding steroid dienone is 5. The van der Waals surface area contributed by atoms with Crippen LogP contribution in [0.3, 0.4) is 0 Å². The Morgan fingerprint density at radius 3 is 2.23 bits per heavy atom. The Hall–Kier alpha value is -6.06. The molecule has 9 nitrogen and oxygen atoms in total. The summed E-state index contributed by atoms with van der Waals surface area (Å²) in [6.45, 7) is 2.83. The summed E-state index contributed by atoms with van der Waals surface area (Å²) in [4.78, 5) is 63.3. The van der Waals surface area contributed by atoms with E-state index < -0.39 is 35.0 Å². The van der Waals surface area contributed by atoms with Gasteiger partial charge >= 0.3 is 0 Å². The van der Waals surface area contributed by atoms with Gasteiger partial charge < -0.3 is 19.5 Å². The van der Waals surface area contributed by atoms with Crippen LogP contribution in [0.15, 0.2) is 133 Å². The number of nitrogens with zero attached hydrogens (tertiary/aromatic N) is 2. The summed E-state index contributed by atoms with van der Waals surface area (Å²) in [7, 11) is 0. The highest BCUT2D eigenvalue weighted by Crippen LogP contribution is 2.63. The quantitative estimate of drug-likeness (QED) is 0.180. The smallest absolute Gasteiger partial charge is 0.238 e. The van der Waals surface area contributed by atoms with Crippen molar-refractivity contribution in [3.63, 3.8) is 0 Å². The highest BCUT2D eigenvalue weighted by molar-refractivity contribution is 6.31. The van der Waals surface area contributed by atoms with E-state index in [1.54, 1.807) is 24.5 Å². The average molecular weight is 745 g/mol. The van der Waals surface area contributed by atoms with E-state index in [0.29, 0.717) is 48.6 Å². The molecule has 3 aliphatic carbocycles. The molecule has 2 saturated heterocycles. The maximum Gasteiger partial charge on any atom is 0.238 e. The lowest BCUT2D eigenvalue weighted by Crippen LogP contribution is -2.60. The van der Waals surface area contributed by atoms with Gasteiger partial charge in [0.05, 0.1) is 42.4 Å². The second-order valence-corrected chi connectivity index (χ2v) is 15.7. The van der Waals surface area contributed by atoms with Gasteiger partial charge in [-0.3, -0.25) is 24.1 Å². The van der Waals surface area contributed by atoms with Gasteiger partial charge in [0.25, 0.3) is 0 Å². The van der Waals surface area contributed by atoms with Gasteiger partial charge in [0.2, 0.25) is 11.8 Å². The molecule has 56 heavy (non-hydrogen) atoms. The van der Waals surface area contributed by atoms with Crippen LogP contribution < -0.4 is 14.5 Å². The summed E-state index contributed by atoms with van der Waals surface area (Å²) in [5.74, 6) is -3.49. The maximum absolute atomic E-state index is 15.3. The number of amides is 2. The zero-order valence-corrected chi connectivity index (χ0v) is 30.7. The standard InChI is InChI=1S/C47H40N2O7/c50-34-15-18-40-29(24-34)23-30(27-56-40)43-35-16-17-36-42(46(54)49(45(36)53)33-13-11-32(12-14-33)48-19-21-55-22-20-48)38(35)25-39-44(52)37(28-7-3-1-4-8-28)26-41(51)47(39,43)31-9-5-2-6-10-31/h1-16,18,24,26-27,36,38-39,42-43,50H,17,19-23,25H2. The SMILES string of the molecule is O=C1C(c2ccccc2)=CC(=O)C2(c3ccccc3)C1CC1C(=CCC3C(=O)N(c4ccc(N5CCOCC5)cc4)C(=O)C31)C2C1=COc2ccc(O)cc2C1. The fraction of sp³-hybridized carbons (Fsp3) is 0.277. The third-order valence-corrected chi connectivity index (χ3v) is 13.0. The number of imide groups is 1. The first-order valence-corrected chi connectivity index (χ1v) is 19.4. The molecule has 1 saturated carbocycles. The summed E-state index contributed by atoms with van der Waals surface area (Å²) in [5.41, 5.74) is 4.33. The number of ether oxygens (including phenoxy) is 2. The number of fused-ring (bicyclic) bond motifs is 5. The summed E-state index contributed by atoms with van der Waals surface area (Å²) in [6, 6.07) is 31.3. The third-order valence-electron chi connectivity index (χ3n) is 13.0. The van der Waals surface area contributed by atoms with Gasteiger partial charge in [-0.2, -0.15) is 0 Å². The Morgan fingerprint density at radius 2 is 1.48 bits per heavy atom. The lowest BCUT2D eigenvalue weighted by atomic mass is 9.44. The van der Waals surface area contributed by atoms with Gasteiger partial charge in [0.1, 0.15) is 11.5 Å². The summed E-state index contributed by atoms with van der Waals surface area (Å²) >= 11 is 0. The number of phenols is 1. The zero-order chi connectivity index (χ0) is 38.1. The Morgan fingerprint density at radius 1 is 0.768 bits per heavy atom. The minimum atomic E-state index is -1.35. The number of ketones is 2. The molecule has 6 aliphatic rings. The van der Waals surface area contributed by atoms with E-state index in [1.807, 2.05) is 84.9 Å². The Labute approximate surface area is 324 Å². The van der Waals surface area contributed by atoms with E-state index in [9.17, 15) is 14.7 Å².